The third-order valence-corrected chi connectivity index (χ3v) is 2.29. The quantitative estimate of drug-likeness (QED) is 0.790. The first-order chi connectivity index (χ1) is 8.47. The van der Waals surface area contributed by atoms with Crippen LogP contribution in [0.15, 0.2) is 18.2 Å². The maximum atomic E-state index is 11.6. The van der Waals surface area contributed by atoms with Crippen molar-refractivity contribution in [1.29, 1.82) is 0 Å². The number of carbonyl (C=O) groups is 3. The van der Waals surface area contributed by atoms with E-state index in [4.69, 9.17) is 0 Å². The van der Waals surface area contributed by atoms with E-state index in [9.17, 15) is 14.4 Å². The molecule has 2 amide bonds. The largest absolute Gasteiger partial charge is 0.355 e. The van der Waals surface area contributed by atoms with Gasteiger partial charge in [0.05, 0.1) is 0 Å². The molecule has 1 rings (SSSR count). The van der Waals surface area contributed by atoms with Crippen LogP contribution in [0.1, 0.15) is 34.6 Å². The number of benzene rings is 1. The Morgan fingerprint density at radius 3 is 2.22 bits per heavy atom. The number of amides is 2. The zero-order valence-electron chi connectivity index (χ0n) is 10.5. The van der Waals surface area contributed by atoms with E-state index in [0.717, 1.165) is 0 Å². The van der Waals surface area contributed by atoms with Crippen LogP contribution in [0.4, 0.5) is 5.69 Å². The first-order valence-corrected chi connectivity index (χ1v) is 5.46. The number of Topliss-reactive ketones (excluding diaryl/α,β-unsaturated/α-hetero) is 1. The number of carbonyl (C=O) groups excluding carboxylic acids is 3. The van der Waals surface area contributed by atoms with Gasteiger partial charge < -0.3 is 10.6 Å². The molecule has 0 heterocycles. The molecule has 1 aromatic rings. The molecule has 0 saturated heterocycles. The predicted octanol–water partition coefficient (Wildman–Crippen LogP) is 1.41. The molecule has 0 aliphatic rings. The van der Waals surface area contributed by atoms with E-state index in [0.29, 0.717) is 16.8 Å². The minimum Gasteiger partial charge on any atom is -0.355 e. The number of rotatable bonds is 4. The molecule has 2 N–H and O–H groups in total. The third kappa shape index (κ3) is 3.41. The second kappa shape index (κ2) is 5.95. The summed E-state index contributed by atoms with van der Waals surface area (Å²) in [7, 11) is 1.50. The predicted molar refractivity (Wildman–Crippen MR) is 68.4 cm³/mol. The van der Waals surface area contributed by atoms with E-state index in [1.807, 2.05) is 0 Å². The Morgan fingerprint density at radius 2 is 1.72 bits per heavy atom. The Kier molecular flexibility index (Phi) is 4.59. The van der Waals surface area contributed by atoms with Gasteiger partial charge in [0.1, 0.15) is 0 Å². The second-order valence-corrected chi connectivity index (χ2v) is 3.71. The van der Waals surface area contributed by atoms with Crippen LogP contribution >= 0.6 is 0 Å². The number of hydrogen-bond donors (Lipinski definition) is 2. The fourth-order valence-electron chi connectivity index (χ4n) is 1.49. The molecule has 0 saturated carbocycles. The standard InChI is InChI=1S/C13H15N2O3/c1-4-12(17)9-5-10(13(18)14-3)7-11(6-9)15-8(2)16/h4-7H,1-3H3,(H,14,18)(H,15,16). The summed E-state index contributed by atoms with van der Waals surface area (Å²) in [5, 5.41) is 5.03. The Hall–Kier alpha value is -2.17. The maximum absolute atomic E-state index is 11.6. The highest BCUT2D eigenvalue weighted by molar-refractivity contribution is 6.06. The van der Waals surface area contributed by atoms with Gasteiger partial charge >= 0.3 is 0 Å². The molecule has 0 atom stereocenters. The van der Waals surface area contributed by atoms with Gasteiger partial charge in [-0.2, -0.15) is 0 Å². The van der Waals surface area contributed by atoms with E-state index in [-0.39, 0.29) is 17.6 Å². The highest BCUT2D eigenvalue weighted by Crippen LogP contribution is 2.16. The molecule has 5 nitrogen and oxygen atoms in total. The number of nitrogens with one attached hydrogen (secondary N) is 2. The van der Waals surface area contributed by atoms with Gasteiger partial charge in [-0.3, -0.25) is 14.4 Å². The highest BCUT2D eigenvalue weighted by Gasteiger charge is 2.11. The van der Waals surface area contributed by atoms with Gasteiger partial charge in [0.25, 0.3) is 5.91 Å². The smallest absolute Gasteiger partial charge is 0.251 e. The fourth-order valence-corrected chi connectivity index (χ4v) is 1.49. The summed E-state index contributed by atoms with van der Waals surface area (Å²) in [6.45, 7) is 2.98. The Labute approximate surface area is 106 Å². The van der Waals surface area contributed by atoms with Gasteiger partial charge in [-0.05, 0) is 18.2 Å². The Balaban J connectivity index is 3.23. The van der Waals surface area contributed by atoms with Crippen LogP contribution in [0.2, 0.25) is 0 Å². The third-order valence-electron chi connectivity index (χ3n) is 2.29. The first kappa shape index (κ1) is 13.9. The summed E-state index contributed by atoms with van der Waals surface area (Å²) >= 11 is 0. The van der Waals surface area contributed by atoms with Crippen molar-refractivity contribution in [2.24, 2.45) is 0 Å². The maximum Gasteiger partial charge on any atom is 0.251 e. The molecular weight excluding hydrogens is 232 g/mol. The van der Waals surface area contributed by atoms with Crippen LogP contribution in [0.3, 0.4) is 0 Å². The summed E-state index contributed by atoms with van der Waals surface area (Å²) in [5.74, 6) is -0.775. The lowest BCUT2D eigenvalue weighted by atomic mass is 10.0. The van der Waals surface area contributed by atoms with E-state index in [2.05, 4.69) is 10.6 Å². The van der Waals surface area contributed by atoms with Crippen LogP contribution in [0, 0.1) is 6.42 Å². The first-order valence-electron chi connectivity index (χ1n) is 5.46. The molecule has 95 valence electrons. The van der Waals surface area contributed by atoms with Crippen LogP contribution in [-0.2, 0) is 4.79 Å². The van der Waals surface area contributed by atoms with Crippen molar-refractivity contribution in [2.75, 3.05) is 12.4 Å². The SMILES string of the molecule is C[CH]C(=O)c1cc(NC(C)=O)cc(C(=O)NC)c1. The molecule has 1 radical (unpaired) electrons. The van der Waals surface area contributed by atoms with Gasteiger partial charge in [-0.1, -0.05) is 6.92 Å². The van der Waals surface area contributed by atoms with Crippen LogP contribution < -0.4 is 10.6 Å². The minimum atomic E-state index is -0.313. The average Bonchev–Trinajstić information content (AvgIpc) is 2.35. The van der Waals surface area contributed by atoms with Crippen molar-refractivity contribution in [3.63, 3.8) is 0 Å². The topological polar surface area (TPSA) is 75.3 Å². The van der Waals surface area contributed by atoms with Gasteiger partial charge in [0.2, 0.25) is 5.91 Å². The fraction of sp³-hybridized carbons (Fsp3) is 0.231. The van der Waals surface area contributed by atoms with Crippen molar-refractivity contribution in [3.05, 3.63) is 35.7 Å². The van der Waals surface area contributed by atoms with Crippen molar-refractivity contribution >= 4 is 23.3 Å². The molecule has 18 heavy (non-hydrogen) atoms. The number of anilines is 1. The lowest BCUT2D eigenvalue weighted by molar-refractivity contribution is -0.114. The van der Waals surface area contributed by atoms with Crippen molar-refractivity contribution in [1.82, 2.24) is 5.32 Å². The Morgan fingerprint density at radius 1 is 1.11 bits per heavy atom. The van der Waals surface area contributed by atoms with Gasteiger partial charge in [-0.15, -0.1) is 0 Å². The molecule has 5 heteroatoms. The molecule has 0 aromatic heterocycles. The minimum absolute atomic E-state index is 0.202. The number of ketones is 1. The monoisotopic (exact) mass is 247 g/mol. The van der Waals surface area contributed by atoms with Crippen LogP contribution in [-0.4, -0.2) is 24.6 Å². The van der Waals surface area contributed by atoms with Crippen molar-refractivity contribution in [2.45, 2.75) is 13.8 Å². The number of hydrogen-bond acceptors (Lipinski definition) is 3. The molecule has 0 unspecified atom stereocenters. The summed E-state index contributed by atoms with van der Waals surface area (Å²) < 4.78 is 0. The van der Waals surface area contributed by atoms with E-state index in [1.165, 1.54) is 38.6 Å². The second-order valence-electron chi connectivity index (χ2n) is 3.71. The summed E-state index contributed by atoms with van der Waals surface area (Å²) in [4.78, 5) is 34.2. The average molecular weight is 247 g/mol. The lowest BCUT2D eigenvalue weighted by Gasteiger charge is -2.08. The van der Waals surface area contributed by atoms with E-state index < -0.39 is 0 Å². The molecule has 0 bridgehead atoms. The zero-order chi connectivity index (χ0) is 13.7. The lowest BCUT2D eigenvalue weighted by Crippen LogP contribution is -2.19. The van der Waals surface area contributed by atoms with Crippen LogP contribution in [0.25, 0.3) is 0 Å². The molecule has 0 aliphatic carbocycles. The van der Waals surface area contributed by atoms with Gasteiger partial charge in [0.15, 0.2) is 5.78 Å². The van der Waals surface area contributed by atoms with E-state index >= 15 is 0 Å². The summed E-state index contributed by atoms with van der Waals surface area (Å²) in [6.07, 6.45) is 1.40. The van der Waals surface area contributed by atoms with Crippen LogP contribution in [0.5, 0.6) is 0 Å². The molecule has 1 aromatic carbocycles. The van der Waals surface area contributed by atoms with Gasteiger partial charge in [-0.25, -0.2) is 0 Å². The Bertz CT molecular complexity index is 461. The van der Waals surface area contributed by atoms with Crippen molar-refractivity contribution in [3.8, 4) is 0 Å². The van der Waals surface area contributed by atoms with Crippen molar-refractivity contribution < 1.29 is 14.4 Å². The van der Waals surface area contributed by atoms with E-state index in [1.54, 1.807) is 6.92 Å². The summed E-state index contributed by atoms with van der Waals surface area (Å²) in [6, 6.07) is 4.55. The molecular formula is C13H15N2O3. The molecule has 0 aliphatic heterocycles. The normalized spacial score (nSPS) is 9.72. The molecule has 0 spiro atoms. The molecule has 0 fully saturated rings. The van der Waals surface area contributed by atoms with Gasteiger partial charge in [0, 0.05) is 37.2 Å². The summed E-state index contributed by atoms with van der Waals surface area (Å²) in [5.41, 5.74) is 1.12. The highest BCUT2D eigenvalue weighted by atomic mass is 16.2. The zero-order valence-corrected chi connectivity index (χ0v) is 10.5.